The zero-order chi connectivity index (χ0) is 21.3. The molecule has 0 bridgehead atoms. The van der Waals surface area contributed by atoms with Gasteiger partial charge in [0.1, 0.15) is 0 Å². The van der Waals surface area contributed by atoms with Gasteiger partial charge in [-0.15, -0.1) is 11.3 Å². The molecule has 0 saturated carbocycles. The van der Waals surface area contributed by atoms with E-state index in [4.69, 9.17) is 9.47 Å². The Labute approximate surface area is 181 Å². The smallest absolute Gasteiger partial charge is 0.264 e. The van der Waals surface area contributed by atoms with Crippen LogP contribution in [-0.2, 0) is 15.6 Å². The molecule has 1 unspecified atom stereocenters. The number of amides is 1. The highest BCUT2D eigenvalue weighted by molar-refractivity contribution is 7.91. The van der Waals surface area contributed by atoms with Gasteiger partial charge in [0.15, 0.2) is 21.3 Å². The largest absolute Gasteiger partial charge is 0.454 e. The zero-order valence-corrected chi connectivity index (χ0v) is 19.0. The van der Waals surface area contributed by atoms with Crippen LogP contribution in [-0.4, -0.2) is 21.1 Å². The molecule has 1 amide bonds. The monoisotopic (exact) mass is 461 g/mol. The van der Waals surface area contributed by atoms with Crippen molar-refractivity contribution >= 4 is 41.1 Å². The standard InChI is InChI=1S/C19H14NO5PS2.C2H6/c21-19(20-26-12-5-6-14-15(8-12)25-10-24-14)16-7-11-9-28(22,23)17-4-2-1-3-13(17)18(11)27-16;1-2/h1-8,26H,9-10H2,(H,20,21);1-2H3. The van der Waals surface area contributed by atoms with Crippen molar-refractivity contribution < 1.29 is 22.7 Å². The van der Waals surface area contributed by atoms with Gasteiger partial charge < -0.3 is 14.6 Å². The number of rotatable bonds is 3. The summed E-state index contributed by atoms with van der Waals surface area (Å²) in [7, 11) is -3.32. The number of sulfone groups is 1. The topological polar surface area (TPSA) is 81.7 Å². The van der Waals surface area contributed by atoms with Crippen LogP contribution >= 0.6 is 20.1 Å². The van der Waals surface area contributed by atoms with Crippen LogP contribution < -0.4 is 19.9 Å². The van der Waals surface area contributed by atoms with Crippen LogP contribution in [0.2, 0.25) is 0 Å². The van der Waals surface area contributed by atoms with Crippen molar-refractivity contribution in [1.82, 2.24) is 5.09 Å². The molecule has 2 aromatic carbocycles. The molecule has 0 saturated heterocycles. The highest BCUT2D eigenvalue weighted by Crippen LogP contribution is 2.42. The summed E-state index contributed by atoms with van der Waals surface area (Å²) in [4.78, 5) is 14.3. The number of ether oxygens (including phenoxy) is 2. The Balaban J connectivity index is 0.00000106. The minimum Gasteiger partial charge on any atom is -0.454 e. The van der Waals surface area contributed by atoms with Crippen molar-refractivity contribution in [3.05, 3.63) is 59.0 Å². The molecule has 30 heavy (non-hydrogen) atoms. The Morgan fingerprint density at radius 3 is 2.67 bits per heavy atom. The molecular weight excluding hydrogens is 441 g/mol. The van der Waals surface area contributed by atoms with Gasteiger partial charge in [0.25, 0.3) is 5.91 Å². The first-order valence-electron chi connectivity index (χ1n) is 9.42. The number of thiophene rings is 1. The third kappa shape index (κ3) is 3.83. The predicted octanol–water partition coefficient (Wildman–Crippen LogP) is 4.11. The van der Waals surface area contributed by atoms with Gasteiger partial charge in [-0.3, -0.25) is 4.79 Å². The highest BCUT2D eigenvalue weighted by atomic mass is 32.2. The molecule has 5 rings (SSSR count). The lowest BCUT2D eigenvalue weighted by molar-refractivity contribution is 0.0987. The SMILES string of the molecule is CC.O=C(NPc1ccc2c(c1)OCO2)c1cc2c(s1)-c1ccccc1S(=O)(=O)C2. The normalized spacial score (nSPS) is 15.1. The second-order valence-corrected chi connectivity index (χ2v) is 10.5. The van der Waals surface area contributed by atoms with E-state index in [0.717, 1.165) is 10.2 Å². The molecule has 0 radical (unpaired) electrons. The van der Waals surface area contributed by atoms with Crippen molar-refractivity contribution in [3.63, 3.8) is 0 Å². The van der Waals surface area contributed by atoms with Crippen LogP contribution in [0, 0.1) is 0 Å². The molecule has 2 aliphatic heterocycles. The number of carbonyl (C=O) groups excluding carboxylic acids is 1. The number of hydrogen-bond acceptors (Lipinski definition) is 6. The van der Waals surface area contributed by atoms with Crippen molar-refractivity contribution in [3.8, 4) is 21.9 Å². The second kappa shape index (κ2) is 8.38. The van der Waals surface area contributed by atoms with E-state index < -0.39 is 9.84 Å². The van der Waals surface area contributed by atoms with Crippen LogP contribution in [0.25, 0.3) is 10.4 Å². The maximum atomic E-state index is 12.6. The van der Waals surface area contributed by atoms with Gasteiger partial charge in [0.05, 0.1) is 15.5 Å². The van der Waals surface area contributed by atoms with E-state index in [0.29, 0.717) is 32.4 Å². The van der Waals surface area contributed by atoms with Crippen LogP contribution in [0.1, 0.15) is 29.1 Å². The Bertz CT molecular complexity index is 1220. The van der Waals surface area contributed by atoms with E-state index in [2.05, 4.69) is 5.09 Å². The lowest BCUT2D eigenvalue weighted by atomic mass is 10.1. The first-order valence-corrected chi connectivity index (χ1v) is 12.9. The summed E-state index contributed by atoms with van der Waals surface area (Å²) in [6.45, 7) is 4.21. The van der Waals surface area contributed by atoms with Gasteiger partial charge >= 0.3 is 0 Å². The number of benzene rings is 2. The second-order valence-electron chi connectivity index (χ2n) is 6.37. The first-order chi connectivity index (χ1) is 14.5. The van der Waals surface area contributed by atoms with Crippen molar-refractivity contribution in [1.29, 1.82) is 0 Å². The van der Waals surface area contributed by atoms with E-state index in [-0.39, 0.29) is 27.2 Å². The molecule has 1 N–H and O–H groups in total. The number of carbonyl (C=O) groups is 1. The van der Waals surface area contributed by atoms with Gasteiger partial charge in [-0.2, -0.15) is 0 Å². The average molecular weight is 462 g/mol. The molecule has 6 nitrogen and oxygen atoms in total. The average Bonchev–Trinajstić information content (AvgIpc) is 3.39. The zero-order valence-electron chi connectivity index (χ0n) is 16.4. The molecule has 1 aromatic heterocycles. The number of nitrogens with one attached hydrogen (secondary N) is 1. The third-order valence-electron chi connectivity index (χ3n) is 4.54. The summed E-state index contributed by atoms with van der Waals surface area (Å²) in [6, 6.07) is 14.2. The minimum absolute atomic E-state index is 0.0623. The summed E-state index contributed by atoms with van der Waals surface area (Å²) >= 11 is 1.33. The Hall–Kier alpha value is -2.41. The fourth-order valence-corrected chi connectivity index (χ4v) is 6.96. The number of fused-ring (bicyclic) bond motifs is 4. The molecule has 3 aromatic rings. The summed E-state index contributed by atoms with van der Waals surface area (Å²) in [6.07, 6.45) is 0. The Kier molecular flexibility index (Phi) is 5.82. The summed E-state index contributed by atoms with van der Waals surface area (Å²) in [5.74, 6) is 1.08. The molecule has 2 aliphatic rings. The molecule has 0 aliphatic carbocycles. The number of hydrogen-bond donors (Lipinski definition) is 1. The van der Waals surface area contributed by atoms with Gasteiger partial charge in [-0.05, 0) is 41.2 Å². The maximum absolute atomic E-state index is 12.6. The van der Waals surface area contributed by atoms with Gasteiger partial charge in [-0.1, -0.05) is 32.0 Å². The fraction of sp³-hybridized carbons (Fsp3) is 0.190. The highest BCUT2D eigenvalue weighted by Gasteiger charge is 2.30. The molecule has 0 fully saturated rings. The quantitative estimate of drug-likeness (QED) is 0.594. The van der Waals surface area contributed by atoms with Crippen molar-refractivity contribution in [2.45, 2.75) is 24.5 Å². The van der Waals surface area contributed by atoms with E-state index in [9.17, 15) is 13.2 Å². The van der Waals surface area contributed by atoms with Crippen molar-refractivity contribution in [2.75, 3.05) is 6.79 Å². The maximum Gasteiger partial charge on any atom is 0.264 e. The fourth-order valence-electron chi connectivity index (χ4n) is 3.25. The van der Waals surface area contributed by atoms with E-state index in [1.54, 1.807) is 24.3 Å². The summed E-state index contributed by atoms with van der Waals surface area (Å²) in [5, 5.41) is 3.84. The minimum atomic E-state index is -3.38. The molecule has 156 valence electrons. The van der Waals surface area contributed by atoms with Crippen LogP contribution in [0.4, 0.5) is 0 Å². The van der Waals surface area contributed by atoms with Crippen LogP contribution in [0.5, 0.6) is 11.5 Å². The third-order valence-corrected chi connectivity index (χ3v) is 8.42. The van der Waals surface area contributed by atoms with Crippen molar-refractivity contribution in [2.24, 2.45) is 0 Å². The first kappa shape index (κ1) is 20.8. The molecule has 9 heteroatoms. The lowest BCUT2D eigenvalue weighted by Crippen LogP contribution is -2.16. The molecule has 3 heterocycles. The predicted molar refractivity (Wildman–Crippen MR) is 120 cm³/mol. The van der Waals surface area contributed by atoms with E-state index in [1.807, 2.05) is 38.1 Å². The van der Waals surface area contributed by atoms with E-state index in [1.165, 1.54) is 11.3 Å². The van der Waals surface area contributed by atoms with Gasteiger partial charge in [-0.25, -0.2) is 8.42 Å². The Morgan fingerprint density at radius 2 is 1.83 bits per heavy atom. The Morgan fingerprint density at radius 1 is 1.07 bits per heavy atom. The van der Waals surface area contributed by atoms with Crippen LogP contribution in [0.15, 0.2) is 53.4 Å². The van der Waals surface area contributed by atoms with Gasteiger partial charge in [0, 0.05) is 19.2 Å². The molecule has 1 atom stereocenters. The summed E-state index contributed by atoms with van der Waals surface area (Å²) < 4.78 is 35.6. The molecule has 0 spiro atoms. The van der Waals surface area contributed by atoms with E-state index >= 15 is 0 Å². The van der Waals surface area contributed by atoms with Crippen LogP contribution in [0.3, 0.4) is 0 Å². The lowest BCUT2D eigenvalue weighted by Gasteiger charge is -2.15. The van der Waals surface area contributed by atoms with Gasteiger partial charge in [0.2, 0.25) is 6.79 Å². The molecular formula is C21H20NO5PS2. The summed E-state index contributed by atoms with van der Waals surface area (Å²) in [5.41, 5.74) is 1.35.